The molecule has 2 nitrogen and oxygen atoms in total. The lowest BCUT2D eigenvalue weighted by molar-refractivity contribution is 0.315. The fraction of sp³-hybridized carbons (Fsp3) is 0.368. The maximum Gasteiger partial charge on any atom is 0.124 e. The molecule has 0 aromatic heterocycles. The first-order valence-electron chi connectivity index (χ1n) is 7.71. The van der Waals surface area contributed by atoms with Crippen molar-refractivity contribution in [3.8, 4) is 5.75 Å². The van der Waals surface area contributed by atoms with Crippen molar-refractivity contribution < 1.29 is 4.74 Å². The van der Waals surface area contributed by atoms with E-state index in [0.29, 0.717) is 12.6 Å². The van der Waals surface area contributed by atoms with Gasteiger partial charge in [0.05, 0.1) is 6.61 Å². The molecule has 0 spiro atoms. The molecule has 0 aliphatic heterocycles. The fourth-order valence-corrected chi connectivity index (χ4v) is 2.48. The summed E-state index contributed by atoms with van der Waals surface area (Å²) in [6.45, 7) is 8.10. The first-order valence-corrected chi connectivity index (χ1v) is 7.71. The van der Waals surface area contributed by atoms with Crippen LogP contribution in [-0.2, 0) is 6.42 Å². The molecule has 0 saturated heterocycles. The van der Waals surface area contributed by atoms with Gasteiger partial charge < -0.3 is 10.1 Å². The maximum absolute atomic E-state index is 6.02. The van der Waals surface area contributed by atoms with Gasteiger partial charge >= 0.3 is 0 Å². The zero-order chi connectivity index (χ0) is 15.1. The van der Waals surface area contributed by atoms with Gasteiger partial charge in [-0.25, -0.2) is 0 Å². The average Bonchev–Trinajstić information content (AvgIpc) is 2.50. The minimum absolute atomic E-state index is 0.307. The Morgan fingerprint density at radius 3 is 2.57 bits per heavy atom. The van der Waals surface area contributed by atoms with E-state index in [1.807, 2.05) is 6.07 Å². The van der Waals surface area contributed by atoms with Crippen LogP contribution < -0.4 is 10.1 Å². The molecule has 2 aromatic rings. The summed E-state index contributed by atoms with van der Waals surface area (Å²) in [4.78, 5) is 0. The van der Waals surface area contributed by atoms with E-state index in [0.717, 1.165) is 18.7 Å². The second-order valence-electron chi connectivity index (χ2n) is 5.40. The molecular formula is C19H25NO. The third-order valence-corrected chi connectivity index (χ3v) is 3.63. The fourth-order valence-electron chi connectivity index (χ4n) is 2.48. The van der Waals surface area contributed by atoms with Crippen molar-refractivity contribution in [3.05, 3.63) is 65.2 Å². The molecule has 2 heteroatoms. The Balaban J connectivity index is 2.02. The number of rotatable bonds is 7. The molecule has 0 amide bonds. The van der Waals surface area contributed by atoms with Crippen LogP contribution in [0.3, 0.4) is 0 Å². The lowest BCUT2D eigenvalue weighted by Gasteiger charge is -2.18. The Morgan fingerprint density at radius 2 is 1.86 bits per heavy atom. The zero-order valence-corrected chi connectivity index (χ0v) is 13.2. The molecular weight excluding hydrogens is 258 g/mol. The van der Waals surface area contributed by atoms with Crippen molar-refractivity contribution in [3.63, 3.8) is 0 Å². The normalized spacial score (nSPS) is 12.1. The molecule has 0 aliphatic rings. The molecule has 0 fully saturated rings. The second kappa shape index (κ2) is 7.84. The highest BCUT2D eigenvalue weighted by atomic mass is 16.5. The van der Waals surface area contributed by atoms with Crippen molar-refractivity contribution in [1.82, 2.24) is 5.32 Å². The third-order valence-electron chi connectivity index (χ3n) is 3.63. The van der Waals surface area contributed by atoms with Gasteiger partial charge in [-0.3, -0.25) is 0 Å². The van der Waals surface area contributed by atoms with E-state index in [1.54, 1.807) is 0 Å². The second-order valence-corrected chi connectivity index (χ2v) is 5.40. The van der Waals surface area contributed by atoms with E-state index in [9.17, 15) is 0 Å². The average molecular weight is 283 g/mol. The van der Waals surface area contributed by atoms with Crippen molar-refractivity contribution in [2.45, 2.75) is 33.2 Å². The van der Waals surface area contributed by atoms with Gasteiger partial charge in [0.15, 0.2) is 0 Å². The van der Waals surface area contributed by atoms with Crippen molar-refractivity contribution in [1.29, 1.82) is 0 Å². The quantitative estimate of drug-likeness (QED) is 0.818. The first kappa shape index (κ1) is 15.6. The van der Waals surface area contributed by atoms with E-state index in [2.05, 4.69) is 68.6 Å². The highest BCUT2D eigenvalue weighted by Crippen LogP contribution is 2.26. The van der Waals surface area contributed by atoms with Gasteiger partial charge in [0.2, 0.25) is 0 Å². The summed E-state index contributed by atoms with van der Waals surface area (Å²) in [7, 11) is 0. The van der Waals surface area contributed by atoms with Gasteiger partial charge in [-0.2, -0.15) is 0 Å². The summed E-state index contributed by atoms with van der Waals surface area (Å²) >= 11 is 0. The summed E-state index contributed by atoms with van der Waals surface area (Å²) in [5.74, 6) is 0.991. The Bertz CT molecular complexity index is 551. The summed E-state index contributed by atoms with van der Waals surface area (Å²) in [6, 6.07) is 17.2. The van der Waals surface area contributed by atoms with Gasteiger partial charge in [-0.15, -0.1) is 0 Å². The Hall–Kier alpha value is -1.80. The SMILES string of the molecule is CCNC(C)c1cc(C)ccc1OCCc1ccccc1. The van der Waals surface area contributed by atoms with Crippen LogP contribution in [0.5, 0.6) is 5.75 Å². The molecule has 0 heterocycles. The molecule has 0 saturated carbocycles. The summed E-state index contributed by atoms with van der Waals surface area (Å²) in [6.07, 6.45) is 0.934. The first-order chi connectivity index (χ1) is 10.2. The smallest absolute Gasteiger partial charge is 0.124 e. The van der Waals surface area contributed by atoms with Gasteiger partial charge in [0, 0.05) is 18.0 Å². The predicted octanol–water partition coefficient (Wildman–Crippen LogP) is 4.29. The number of nitrogens with one attached hydrogen (secondary N) is 1. The van der Waals surface area contributed by atoms with Crippen LogP contribution in [0.2, 0.25) is 0 Å². The largest absolute Gasteiger partial charge is 0.493 e. The third kappa shape index (κ3) is 4.61. The highest BCUT2D eigenvalue weighted by molar-refractivity contribution is 5.39. The molecule has 2 aromatic carbocycles. The summed E-state index contributed by atoms with van der Waals surface area (Å²) < 4.78 is 6.02. The maximum atomic E-state index is 6.02. The molecule has 0 bridgehead atoms. The summed E-state index contributed by atoms with van der Waals surface area (Å²) in [5.41, 5.74) is 3.82. The standard InChI is InChI=1S/C19H25NO/c1-4-20-16(3)18-14-15(2)10-11-19(18)21-13-12-17-8-6-5-7-9-17/h5-11,14,16,20H,4,12-13H2,1-3H3. The topological polar surface area (TPSA) is 21.3 Å². The van der Waals surface area contributed by atoms with E-state index in [1.165, 1.54) is 16.7 Å². The number of benzene rings is 2. The van der Waals surface area contributed by atoms with Gasteiger partial charge in [0.1, 0.15) is 5.75 Å². The monoisotopic (exact) mass is 283 g/mol. The van der Waals surface area contributed by atoms with Crippen molar-refractivity contribution in [2.75, 3.05) is 13.2 Å². The lowest BCUT2D eigenvalue weighted by atomic mass is 10.0. The van der Waals surface area contributed by atoms with E-state index in [-0.39, 0.29) is 0 Å². The molecule has 2 rings (SSSR count). The molecule has 112 valence electrons. The molecule has 21 heavy (non-hydrogen) atoms. The molecule has 0 radical (unpaired) electrons. The molecule has 1 N–H and O–H groups in total. The van der Waals surface area contributed by atoms with Gasteiger partial charge in [-0.05, 0) is 32.0 Å². The van der Waals surface area contributed by atoms with Crippen LogP contribution in [0, 0.1) is 6.92 Å². The molecule has 1 unspecified atom stereocenters. The van der Waals surface area contributed by atoms with Crippen molar-refractivity contribution >= 4 is 0 Å². The molecule has 1 atom stereocenters. The zero-order valence-electron chi connectivity index (χ0n) is 13.2. The Labute approximate surface area is 128 Å². The van der Waals surface area contributed by atoms with Gasteiger partial charge in [-0.1, -0.05) is 55.0 Å². The van der Waals surface area contributed by atoms with Crippen LogP contribution in [-0.4, -0.2) is 13.2 Å². The van der Waals surface area contributed by atoms with Crippen LogP contribution in [0.15, 0.2) is 48.5 Å². The lowest BCUT2D eigenvalue weighted by Crippen LogP contribution is -2.19. The minimum Gasteiger partial charge on any atom is -0.493 e. The van der Waals surface area contributed by atoms with Crippen molar-refractivity contribution in [2.24, 2.45) is 0 Å². The van der Waals surface area contributed by atoms with E-state index < -0.39 is 0 Å². The van der Waals surface area contributed by atoms with E-state index >= 15 is 0 Å². The highest BCUT2D eigenvalue weighted by Gasteiger charge is 2.11. The van der Waals surface area contributed by atoms with Crippen LogP contribution in [0.4, 0.5) is 0 Å². The number of aryl methyl sites for hydroxylation is 1. The predicted molar refractivity (Wildman–Crippen MR) is 88.9 cm³/mol. The van der Waals surface area contributed by atoms with E-state index in [4.69, 9.17) is 4.74 Å². The molecule has 0 aliphatic carbocycles. The van der Waals surface area contributed by atoms with Gasteiger partial charge in [0.25, 0.3) is 0 Å². The Morgan fingerprint density at radius 1 is 1.10 bits per heavy atom. The van der Waals surface area contributed by atoms with Crippen LogP contribution in [0.1, 0.15) is 36.6 Å². The number of hydrogen-bond acceptors (Lipinski definition) is 2. The van der Waals surface area contributed by atoms with Crippen LogP contribution >= 0.6 is 0 Å². The van der Waals surface area contributed by atoms with Crippen LogP contribution in [0.25, 0.3) is 0 Å². The Kier molecular flexibility index (Phi) is 5.82. The summed E-state index contributed by atoms with van der Waals surface area (Å²) in [5, 5.41) is 3.46. The number of hydrogen-bond donors (Lipinski definition) is 1. The minimum atomic E-state index is 0.307. The number of ether oxygens (including phenoxy) is 1.